The second kappa shape index (κ2) is 45.1. The number of fused-ring (bicyclic) bond motifs is 16. The molecule has 4 aromatic carbocycles. The summed E-state index contributed by atoms with van der Waals surface area (Å²) in [5.74, 6) is 0.863. The van der Waals surface area contributed by atoms with Crippen molar-refractivity contribution in [1.82, 2.24) is 19.6 Å². The Hall–Kier alpha value is -5.04. The monoisotopic (exact) mass is 1450 g/mol. The molecule has 9 rings (SSSR count). The summed E-state index contributed by atoms with van der Waals surface area (Å²) in [4.78, 5) is 8.25. The van der Waals surface area contributed by atoms with Crippen LogP contribution < -0.4 is 18.9 Å². The first-order valence-corrected chi connectivity index (χ1v) is 42.4. The van der Waals surface area contributed by atoms with Gasteiger partial charge in [0, 0.05) is 121 Å². The highest BCUT2D eigenvalue weighted by molar-refractivity contribution is 5.69. The van der Waals surface area contributed by atoms with Crippen molar-refractivity contribution in [3.63, 3.8) is 0 Å². The van der Waals surface area contributed by atoms with Gasteiger partial charge in [-0.05, 0) is 49.4 Å². The minimum Gasteiger partial charge on any atom is -0.507 e. The van der Waals surface area contributed by atoms with Crippen LogP contribution in [-0.4, -0.2) is 140 Å². The van der Waals surface area contributed by atoms with Crippen molar-refractivity contribution < 1.29 is 59.8 Å². The number of phenolic OH excluding ortho intramolecular Hbond substituents is 4. The number of hydrogen-bond acceptors (Lipinski definition) is 16. The summed E-state index contributed by atoms with van der Waals surface area (Å²) in [6, 6.07) is 8.93. The van der Waals surface area contributed by atoms with Crippen molar-refractivity contribution in [2.75, 3.05) is 79.5 Å². The maximum atomic E-state index is 13.7. The standard InChI is InChI=1S/C88H140N4O12/c1-5-9-13-17-21-25-29-33-37-41-65-69-53-73(84(100)88-77(69)57-89(45-49-93)64-104-88)68(44-40-36-32-28-24-20-16-12-8-4)76-56-72(83(99)80-60-92(48-52-96)63-103-87(76)80)67(43-39-35-31-27-23-19-15-11-7-3)75-55-71(82(98)79-59-91(47-51-95)62-102-86(75)79)66(42-38-34-30-26-22-18-14-10-6-2)70-54-74(65)85-78(81(70)97)58-90(46-50-94)61-101-85/h53-56,65-68,93-100H,5-52,57-64H2,1-4H3. The number of hydrogen-bond donors (Lipinski definition) is 8. The van der Waals surface area contributed by atoms with E-state index < -0.39 is 17.8 Å². The molecule has 4 heterocycles. The van der Waals surface area contributed by atoms with Crippen LogP contribution in [-0.2, 0) is 26.2 Å². The summed E-state index contributed by atoms with van der Waals surface area (Å²) in [6.45, 7) is 12.3. The van der Waals surface area contributed by atoms with E-state index in [2.05, 4.69) is 61.8 Å². The molecule has 4 aliphatic heterocycles. The predicted octanol–water partition coefficient (Wildman–Crippen LogP) is 19.6. The SMILES string of the molecule is CCCCCCCCCCCC1c2cc(c3c(c2O)CN(CCO)CO3)C(CCCCCCCCCCC)c2cc(c3c(c2O)CN(CCO)CO3)C(CCCCCCCCCCC)c2cc(c3c(c2O)OCN(CCO)C3)C(CCCCCCCCCCC)c2cc1c(O)c1c2OCN(CCO)C1. The van der Waals surface area contributed by atoms with Gasteiger partial charge in [0.1, 0.15) is 61.4 Å². The number of unbranched alkanes of at least 4 members (excludes halogenated alkanes) is 32. The number of phenols is 4. The molecular weight excluding hydrogens is 1300 g/mol. The fourth-order valence-corrected chi connectivity index (χ4v) is 17.8. The summed E-state index contributed by atoms with van der Waals surface area (Å²) < 4.78 is 28.2. The lowest BCUT2D eigenvalue weighted by molar-refractivity contribution is 0.0727. The molecule has 0 saturated heterocycles. The largest absolute Gasteiger partial charge is 0.507 e. The number of aliphatic hydroxyl groups is 4. The van der Waals surface area contributed by atoms with Crippen LogP contribution in [0.25, 0.3) is 0 Å². The minimum absolute atomic E-state index is 0.0683. The minimum atomic E-state index is -0.551. The first kappa shape index (κ1) is 83.0. The molecule has 104 heavy (non-hydrogen) atoms. The van der Waals surface area contributed by atoms with Gasteiger partial charge < -0.3 is 59.8 Å². The van der Waals surface area contributed by atoms with E-state index in [1.165, 1.54) is 128 Å². The molecule has 5 aliphatic rings. The molecule has 8 N–H and O–H groups in total. The maximum Gasteiger partial charge on any atom is 0.168 e. The van der Waals surface area contributed by atoms with Crippen molar-refractivity contribution in [2.45, 2.75) is 334 Å². The quantitative estimate of drug-likeness (QED) is 0.0193. The predicted molar refractivity (Wildman–Crippen MR) is 419 cm³/mol. The highest BCUT2D eigenvalue weighted by atomic mass is 16.5. The third kappa shape index (κ3) is 22.6. The molecule has 0 saturated carbocycles. The Balaban J connectivity index is 1.36. The van der Waals surface area contributed by atoms with Gasteiger partial charge in [0.15, 0.2) is 11.5 Å². The fourth-order valence-electron chi connectivity index (χ4n) is 17.8. The van der Waals surface area contributed by atoms with Gasteiger partial charge in [-0.15, -0.1) is 0 Å². The number of aliphatic hydroxyl groups excluding tert-OH is 4. The average molecular weight is 1450 g/mol. The van der Waals surface area contributed by atoms with Gasteiger partial charge in [0.05, 0.1) is 43.1 Å². The zero-order valence-corrected chi connectivity index (χ0v) is 65.2. The molecule has 0 aromatic heterocycles. The first-order chi connectivity index (χ1) is 51.0. The second-order valence-corrected chi connectivity index (χ2v) is 31.7. The number of rotatable bonds is 48. The van der Waals surface area contributed by atoms with E-state index in [-0.39, 0.29) is 82.3 Å². The van der Waals surface area contributed by atoms with Crippen molar-refractivity contribution in [3.8, 4) is 46.0 Å². The molecule has 4 aromatic rings. The van der Waals surface area contributed by atoms with E-state index in [0.29, 0.717) is 129 Å². The maximum absolute atomic E-state index is 13.7. The Kier molecular flexibility index (Phi) is 36.0. The van der Waals surface area contributed by atoms with Gasteiger partial charge in [-0.1, -0.05) is 265 Å². The number of aromatic hydroxyl groups is 4. The van der Waals surface area contributed by atoms with Crippen molar-refractivity contribution >= 4 is 0 Å². The lowest BCUT2D eigenvalue weighted by Gasteiger charge is -2.38. The third-order valence-electron chi connectivity index (χ3n) is 23.8. The van der Waals surface area contributed by atoms with E-state index in [1.54, 1.807) is 0 Å². The Labute approximate surface area is 627 Å². The Morgan fingerprint density at radius 3 is 0.740 bits per heavy atom. The zero-order chi connectivity index (χ0) is 73.4. The number of benzene rings is 4. The average Bonchev–Trinajstić information content (AvgIpc) is 0.730. The van der Waals surface area contributed by atoms with Gasteiger partial charge in [-0.3, -0.25) is 19.6 Å². The normalized spacial score (nSPS) is 18.3. The van der Waals surface area contributed by atoms with E-state index in [9.17, 15) is 40.9 Å². The van der Waals surface area contributed by atoms with E-state index >= 15 is 0 Å². The van der Waals surface area contributed by atoms with Gasteiger partial charge in [0.25, 0.3) is 0 Å². The molecule has 0 amide bonds. The van der Waals surface area contributed by atoms with Crippen molar-refractivity contribution in [3.05, 3.63) is 91.0 Å². The Morgan fingerprint density at radius 1 is 0.260 bits per heavy atom. The van der Waals surface area contributed by atoms with Crippen LogP contribution >= 0.6 is 0 Å². The van der Waals surface area contributed by atoms with Crippen LogP contribution in [0.4, 0.5) is 0 Å². The molecule has 1 aliphatic carbocycles. The third-order valence-corrected chi connectivity index (χ3v) is 23.8. The van der Waals surface area contributed by atoms with Gasteiger partial charge in [0.2, 0.25) is 0 Å². The zero-order valence-electron chi connectivity index (χ0n) is 65.2. The van der Waals surface area contributed by atoms with Crippen LogP contribution in [0.2, 0.25) is 0 Å². The van der Waals surface area contributed by atoms with Crippen LogP contribution in [0.5, 0.6) is 46.0 Å². The number of ether oxygens (including phenoxy) is 4. The van der Waals surface area contributed by atoms with Crippen molar-refractivity contribution in [2.24, 2.45) is 0 Å². The van der Waals surface area contributed by atoms with Crippen LogP contribution in [0, 0.1) is 0 Å². The summed E-state index contributed by atoms with van der Waals surface area (Å²) in [6.07, 6.45) is 43.6. The lowest BCUT2D eigenvalue weighted by Crippen LogP contribution is -2.36. The van der Waals surface area contributed by atoms with Gasteiger partial charge >= 0.3 is 0 Å². The van der Waals surface area contributed by atoms with E-state index in [0.717, 1.165) is 142 Å². The molecule has 0 spiro atoms. The highest BCUT2D eigenvalue weighted by Crippen LogP contribution is 2.58. The molecule has 0 fully saturated rings. The topological polar surface area (TPSA) is 212 Å². The molecule has 16 heteroatoms. The Bertz CT molecular complexity index is 3180. The summed E-state index contributed by atoms with van der Waals surface area (Å²) >= 11 is 0. The number of β-amino-alcohol motifs (C(OH)–C–C–N with tert-alkyl or cyclic N) is 4. The molecule has 0 radical (unpaired) electrons. The molecule has 16 nitrogen and oxygen atoms in total. The lowest BCUT2D eigenvalue weighted by atomic mass is 9.74. The van der Waals surface area contributed by atoms with Crippen molar-refractivity contribution in [1.29, 1.82) is 0 Å². The molecule has 584 valence electrons. The second-order valence-electron chi connectivity index (χ2n) is 31.7. The molecular formula is C88H140N4O12. The molecule has 4 unspecified atom stereocenters. The Morgan fingerprint density at radius 2 is 0.471 bits per heavy atom. The number of nitrogens with zero attached hydrogens (tertiary/aromatic N) is 4. The van der Waals surface area contributed by atoms with Gasteiger partial charge in [-0.2, -0.15) is 0 Å². The van der Waals surface area contributed by atoms with Crippen LogP contribution in [0.3, 0.4) is 0 Å². The van der Waals surface area contributed by atoms with E-state index in [4.69, 9.17) is 18.9 Å². The fraction of sp³-hybridized carbons (Fsp3) is 0.727. The summed E-state index contributed by atoms with van der Waals surface area (Å²) in [5.41, 5.74) is 9.32. The highest BCUT2D eigenvalue weighted by Gasteiger charge is 2.41. The van der Waals surface area contributed by atoms with E-state index in [1.807, 2.05) is 9.80 Å². The summed E-state index contributed by atoms with van der Waals surface area (Å²) in [7, 11) is 0. The first-order valence-electron chi connectivity index (χ1n) is 42.4. The smallest absolute Gasteiger partial charge is 0.168 e. The summed E-state index contributed by atoms with van der Waals surface area (Å²) in [5, 5.41) is 97.2. The van der Waals surface area contributed by atoms with Crippen LogP contribution in [0.1, 0.15) is 375 Å². The van der Waals surface area contributed by atoms with Crippen LogP contribution in [0.15, 0.2) is 24.3 Å². The van der Waals surface area contributed by atoms with Gasteiger partial charge in [-0.25, -0.2) is 0 Å². The molecule has 4 atom stereocenters. The molecule has 8 bridgehead atoms.